The third kappa shape index (κ3) is 7.07. The summed E-state index contributed by atoms with van der Waals surface area (Å²) in [6.45, 7) is 9.88. The molecule has 0 amide bonds. The molecule has 0 saturated carbocycles. The van der Waals surface area contributed by atoms with Gasteiger partial charge in [0.05, 0.1) is 0 Å². The molecule has 0 spiro atoms. The van der Waals surface area contributed by atoms with Gasteiger partial charge in [0.2, 0.25) is 0 Å². The number of allylic oxidation sites excluding steroid dienone is 1. The summed E-state index contributed by atoms with van der Waals surface area (Å²) >= 11 is 0. The van der Waals surface area contributed by atoms with Crippen LogP contribution in [0.3, 0.4) is 0 Å². The molecule has 0 radical (unpaired) electrons. The number of benzene rings is 1. The lowest BCUT2D eigenvalue weighted by atomic mass is 10.2. The lowest BCUT2D eigenvalue weighted by Gasteiger charge is -1.82. The van der Waals surface area contributed by atoms with Crippen LogP contribution in [0.1, 0.15) is 25.8 Å². The van der Waals surface area contributed by atoms with Crippen molar-refractivity contribution in [3.05, 3.63) is 48.0 Å². The summed E-state index contributed by atoms with van der Waals surface area (Å²) in [6.07, 6.45) is 1.11. The molecule has 1 aromatic rings. The maximum absolute atomic E-state index is 3.67. The van der Waals surface area contributed by atoms with Gasteiger partial charge in [-0.05, 0) is 20.3 Å². The highest BCUT2D eigenvalue weighted by atomic mass is 13.8. The molecule has 12 heavy (non-hydrogen) atoms. The van der Waals surface area contributed by atoms with Gasteiger partial charge in [0.25, 0.3) is 0 Å². The first-order valence-corrected chi connectivity index (χ1v) is 4.32. The van der Waals surface area contributed by atoms with Crippen LogP contribution in [0.5, 0.6) is 0 Å². The summed E-state index contributed by atoms with van der Waals surface area (Å²) in [4.78, 5) is 0. The lowest BCUT2D eigenvalue weighted by Crippen LogP contribution is -1.62. The van der Waals surface area contributed by atoms with E-state index < -0.39 is 0 Å². The summed E-state index contributed by atoms with van der Waals surface area (Å²) in [5, 5.41) is 0. The second-order valence-corrected chi connectivity index (χ2v) is 2.97. The molecule has 66 valence electrons. The van der Waals surface area contributed by atoms with Crippen molar-refractivity contribution in [3.8, 4) is 0 Å². The van der Waals surface area contributed by atoms with Crippen molar-refractivity contribution in [2.75, 3.05) is 0 Å². The molecule has 1 rings (SSSR count). The number of rotatable bonds is 1. The molecule has 0 atom stereocenters. The fraction of sp³-hybridized carbons (Fsp3) is 0.333. The Labute approximate surface area is 75.9 Å². The van der Waals surface area contributed by atoms with Crippen molar-refractivity contribution in [1.29, 1.82) is 0 Å². The van der Waals surface area contributed by atoms with Gasteiger partial charge >= 0.3 is 0 Å². The maximum atomic E-state index is 3.67. The molecule has 0 aromatic heterocycles. The Kier molecular flexibility index (Phi) is 6.08. The Bertz CT molecular complexity index is 209. The molecule has 0 aliphatic heterocycles. The van der Waals surface area contributed by atoms with Gasteiger partial charge in [-0.25, -0.2) is 0 Å². The molecule has 0 fully saturated rings. The number of aryl methyl sites for hydroxylation is 1. The molecule has 0 heterocycles. The quantitative estimate of drug-likeness (QED) is 0.548. The first-order valence-electron chi connectivity index (χ1n) is 4.32. The van der Waals surface area contributed by atoms with Crippen molar-refractivity contribution in [2.45, 2.75) is 27.2 Å². The van der Waals surface area contributed by atoms with Crippen LogP contribution in [0.25, 0.3) is 0 Å². The molecule has 0 heteroatoms. The Balaban J connectivity index is 0.000000217. The predicted octanol–water partition coefficient (Wildman–Crippen LogP) is 3.97. The molecule has 1 aromatic carbocycles. The van der Waals surface area contributed by atoms with E-state index in [9.17, 15) is 0 Å². The van der Waals surface area contributed by atoms with Crippen LogP contribution in [0, 0.1) is 6.92 Å². The van der Waals surface area contributed by atoms with Crippen molar-refractivity contribution in [3.63, 3.8) is 0 Å². The van der Waals surface area contributed by atoms with E-state index in [1.54, 1.807) is 0 Å². The predicted molar refractivity (Wildman–Crippen MR) is 56.3 cm³/mol. The smallest absolute Gasteiger partial charge is 0.0354 e. The normalized spacial score (nSPS) is 8.25. The minimum atomic E-state index is 1.11. The summed E-state index contributed by atoms with van der Waals surface area (Å²) in [5.74, 6) is 0. The van der Waals surface area contributed by atoms with E-state index in [1.807, 2.05) is 25.1 Å². The van der Waals surface area contributed by atoms with E-state index in [4.69, 9.17) is 0 Å². The van der Waals surface area contributed by atoms with Crippen molar-refractivity contribution in [1.82, 2.24) is 0 Å². The Morgan fingerprint density at radius 3 is 1.83 bits per heavy atom. The molecular weight excluding hydrogens is 144 g/mol. The average Bonchev–Trinajstić information content (AvgIpc) is 2.07. The van der Waals surface area contributed by atoms with Gasteiger partial charge < -0.3 is 0 Å². The monoisotopic (exact) mass is 162 g/mol. The highest BCUT2D eigenvalue weighted by molar-refractivity contribution is 5.11. The molecule has 0 nitrogen and oxygen atoms in total. The summed E-state index contributed by atoms with van der Waals surface area (Å²) in [6, 6.07) is 10.3. The van der Waals surface area contributed by atoms with Gasteiger partial charge in [-0.2, -0.15) is 0 Å². The van der Waals surface area contributed by atoms with Crippen molar-refractivity contribution >= 4 is 0 Å². The largest absolute Gasteiger partial charge is 0.100 e. The maximum Gasteiger partial charge on any atom is -0.0354 e. The molecular formula is C12H18. The third-order valence-corrected chi connectivity index (χ3v) is 1.54. The highest BCUT2D eigenvalue weighted by Gasteiger charge is 1.72. The van der Waals surface area contributed by atoms with Crippen LogP contribution in [0.15, 0.2) is 42.5 Å². The zero-order valence-electron chi connectivity index (χ0n) is 8.30. The summed E-state index contributed by atoms with van der Waals surface area (Å²) in [5.41, 5.74) is 2.58. The van der Waals surface area contributed by atoms with E-state index in [0.29, 0.717) is 0 Å². The van der Waals surface area contributed by atoms with E-state index in [1.165, 1.54) is 11.1 Å². The third-order valence-electron chi connectivity index (χ3n) is 1.54. The summed E-state index contributed by atoms with van der Waals surface area (Å²) in [7, 11) is 0. The first kappa shape index (κ1) is 11.0. The molecule has 0 N–H and O–H groups in total. The molecule has 0 unspecified atom stereocenters. The number of hydrogen-bond donors (Lipinski definition) is 0. The van der Waals surface area contributed by atoms with Crippen molar-refractivity contribution < 1.29 is 0 Å². The standard InChI is InChI=1S/C7H8.C5H10/c1-7-5-3-2-4-6-7;1-4-5(2)3/h2-6H,1H3;2,4H2,1,3H3. The van der Waals surface area contributed by atoms with E-state index in [2.05, 4.69) is 32.6 Å². The van der Waals surface area contributed by atoms with Gasteiger partial charge in [0.1, 0.15) is 0 Å². The van der Waals surface area contributed by atoms with Crippen LogP contribution in [0.2, 0.25) is 0 Å². The minimum Gasteiger partial charge on any atom is -0.100 e. The van der Waals surface area contributed by atoms with Crippen molar-refractivity contribution in [2.24, 2.45) is 0 Å². The average molecular weight is 162 g/mol. The van der Waals surface area contributed by atoms with E-state index >= 15 is 0 Å². The minimum absolute atomic E-state index is 1.11. The van der Waals surface area contributed by atoms with Crippen LogP contribution in [0.4, 0.5) is 0 Å². The van der Waals surface area contributed by atoms with Gasteiger partial charge in [-0.1, -0.05) is 48.4 Å². The molecule has 0 bridgehead atoms. The van der Waals surface area contributed by atoms with E-state index in [-0.39, 0.29) is 0 Å². The fourth-order valence-electron chi connectivity index (χ4n) is 0.534. The van der Waals surface area contributed by atoms with Gasteiger partial charge in [0, 0.05) is 0 Å². The fourth-order valence-corrected chi connectivity index (χ4v) is 0.534. The van der Waals surface area contributed by atoms with Gasteiger partial charge in [-0.15, -0.1) is 6.58 Å². The van der Waals surface area contributed by atoms with Crippen LogP contribution < -0.4 is 0 Å². The number of hydrogen-bond acceptors (Lipinski definition) is 0. The summed E-state index contributed by atoms with van der Waals surface area (Å²) < 4.78 is 0. The SMILES string of the molecule is C=C(C)CC.Cc1ccccc1. The topological polar surface area (TPSA) is 0 Å². The van der Waals surface area contributed by atoms with E-state index in [0.717, 1.165) is 6.42 Å². The van der Waals surface area contributed by atoms with Crippen LogP contribution >= 0.6 is 0 Å². The van der Waals surface area contributed by atoms with Crippen LogP contribution in [-0.4, -0.2) is 0 Å². The van der Waals surface area contributed by atoms with Gasteiger partial charge in [-0.3, -0.25) is 0 Å². The molecule has 0 aliphatic carbocycles. The Morgan fingerprint density at radius 1 is 1.25 bits per heavy atom. The zero-order valence-corrected chi connectivity index (χ0v) is 8.30. The second-order valence-electron chi connectivity index (χ2n) is 2.97. The Morgan fingerprint density at radius 2 is 1.67 bits per heavy atom. The second kappa shape index (κ2) is 6.66. The lowest BCUT2D eigenvalue weighted by molar-refractivity contribution is 1.11. The molecule has 0 aliphatic rings. The van der Waals surface area contributed by atoms with Gasteiger partial charge in [0.15, 0.2) is 0 Å². The Hall–Kier alpha value is -1.04. The first-order chi connectivity index (χ1) is 5.66. The molecule has 0 saturated heterocycles. The highest BCUT2D eigenvalue weighted by Crippen LogP contribution is 1.92. The van der Waals surface area contributed by atoms with Crippen LogP contribution in [-0.2, 0) is 0 Å². The zero-order chi connectivity index (χ0) is 9.40.